The minimum absolute atomic E-state index is 0. The molecule has 0 saturated carbocycles. The molecule has 8 aromatic rings. The Morgan fingerprint density at radius 1 is 0.660 bits per heavy atom. The van der Waals surface area contributed by atoms with Crippen molar-refractivity contribution in [1.82, 2.24) is 9.97 Å². The van der Waals surface area contributed by atoms with Crippen LogP contribution in [0.4, 0.5) is 0 Å². The van der Waals surface area contributed by atoms with Gasteiger partial charge in [0.1, 0.15) is 11.2 Å². The number of pyridine rings is 2. The van der Waals surface area contributed by atoms with E-state index in [4.69, 9.17) is 7.16 Å². The number of rotatable bonds is 5. The van der Waals surface area contributed by atoms with Crippen LogP contribution in [0.2, 0.25) is 0 Å². The van der Waals surface area contributed by atoms with Gasteiger partial charge in [-0.1, -0.05) is 115 Å². The maximum absolute atomic E-state index is 8.68. The van der Waals surface area contributed by atoms with Crippen LogP contribution in [0.25, 0.3) is 66.4 Å². The summed E-state index contributed by atoms with van der Waals surface area (Å²) < 4.78 is 23.5. The molecule has 0 amide bonds. The van der Waals surface area contributed by atoms with Crippen LogP contribution >= 0.6 is 0 Å². The van der Waals surface area contributed by atoms with Crippen LogP contribution in [0.5, 0.6) is 0 Å². The fourth-order valence-electron chi connectivity index (χ4n) is 6.67. The molecule has 0 atom stereocenters. The van der Waals surface area contributed by atoms with Crippen LogP contribution in [0.1, 0.15) is 61.0 Å². The Morgan fingerprint density at radius 2 is 1.47 bits per heavy atom. The molecule has 0 spiro atoms. The van der Waals surface area contributed by atoms with Gasteiger partial charge in [-0.15, -0.1) is 70.8 Å². The summed E-state index contributed by atoms with van der Waals surface area (Å²) in [6.45, 7) is 14.6. The molecule has 1 radical (unpaired) electrons. The Labute approximate surface area is 330 Å². The van der Waals surface area contributed by atoms with Crippen molar-refractivity contribution in [2.24, 2.45) is 10.8 Å². The second-order valence-electron chi connectivity index (χ2n) is 15.8. The van der Waals surface area contributed by atoms with Crippen LogP contribution in [-0.2, 0) is 32.9 Å². The fourth-order valence-corrected chi connectivity index (χ4v) is 6.67. The Balaban J connectivity index is 0.000000229. The van der Waals surface area contributed by atoms with Crippen molar-refractivity contribution in [3.05, 3.63) is 156 Å². The number of para-hydroxylation sites is 1. The summed E-state index contributed by atoms with van der Waals surface area (Å²) in [6.07, 6.45) is 3.23. The predicted octanol–water partition coefficient (Wildman–Crippen LogP) is 13.3. The molecule has 5 aromatic carbocycles. The summed E-state index contributed by atoms with van der Waals surface area (Å²) in [6, 6.07) is 45.4. The Morgan fingerprint density at radius 3 is 2.21 bits per heavy atom. The van der Waals surface area contributed by atoms with Crippen molar-refractivity contribution in [3.63, 3.8) is 0 Å². The summed E-state index contributed by atoms with van der Waals surface area (Å²) in [5.41, 5.74) is 10.5. The summed E-state index contributed by atoms with van der Waals surface area (Å²) in [4.78, 5) is 9.09. The third-order valence-electron chi connectivity index (χ3n) is 8.87. The molecule has 0 unspecified atom stereocenters. The van der Waals surface area contributed by atoms with E-state index in [1.54, 1.807) is 12.3 Å². The number of aromatic nitrogens is 2. The molecule has 3 aromatic heterocycles. The molecule has 0 N–H and O–H groups in total. The van der Waals surface area contributed by atoms with E-state index >= 15 is 0 Å². The van der Waals surface area contributed by atoms with E-state index < -0.39 is 11.8 Å². The van der Waals surface area contributed by atoms with Crippen LogP contribution < -0.4 is 0 Å². The second-order valence-corrected chi connectivity index (χ2v) is 15.8. The van der Waals surface area contributed by atoms with E-state index in [1.165, 1.54) is 11.1 Å². The monoisotopic (exact) mass is 873 g/mol. The molecule has 3 nitrogen and oxygen atoms in total. The second kappa shape index (κ2) is 15.6. The maximum atomic E-state index is 8.68. The fraction of sp³-hybridized carbons (Fsp3) is 0.224. The molecule has 0 fully saturated rings. The predicted molar refractivity (Wildman–Crippen MR) is 218 cm³/mol. The normalized spacial score (nSPS) is 12.5. The number of nitrogens with zero attached hydrogens (tertiary/aromatic N) is 2. The molecule has 0 aliphatic carbocycles. The minimum Gasteiger partial charge on any atom is -0.456 e. The molecule has 0 bridgehead atoms. The largest absolute Gasteiger partial charge is 0.456 e. The topological polar surface area (TPSA) is 38.9 Å². The molecule has 53 heavy (non-hydrogen) atoms. The summed E-state index contributed by atoms with van der Waals surface area (Å²) in [7, 11) is 0. The third-order valence-corrected chi connectivity index (χ3v) is 8.87. The van der Waals surface area contributed by atoms with Gasteiger partial charge in [0.25, 0.3) is 0 Å². The molecular formula is C49H46IrN2O-2. The third kappa shape index (κ3) is 9.02. The van der Waals surface area contributed by atoms with Gasteiger partial charge in [0.15, 0.2) is 0 Å². The van der Waals surface area contributed by atoms with Crippen LogP contribution in [-0.4, -0.2) is 9.97 Å². The smallest absolute Gasteiger partial charge is 0.136 e. The van der Waals surface area contributed by atoms with Gasteiger partial charge in [-0.2, -0.15) is 0 Å². The van der Waals surface area contributed by atoms with Crippen molar-refractivity contribution in [3.8, 4) is 33.6 Å². The quantitative estimate of drug-likeness (QED) is 0.162. The zero-order valence-electron chi connectivity index (χ0n) is 33.5. The molecule has 4 heteroatoms. The average Bonchev–Trinajstić information content (AvgIpc) is 3.54. The van der Waals surface area contributed by atoms with Gasteiger partial charge in [-0.25, -0.2) is 0 Å². The molecule has 8 rings (SSSR count). The van der Waals surface area contributed by atoms with Gasteiger partial charge >= 0.3 is 0 Å². The first-order valence-corrected chi connectivity index (χ1v) is 17.9. The van der Waals surface area contributed by atoms with Crippen molar-refractivity contribution >= 4 is 32.7 Å². The first-order valence-electron chi connectivity index (χ1n) is 18.9. The average molecular weight is 873 g/mol. The van der Waals surface area contributed by atoms with Crippen molar-refractivity contribution in [2.45, 2.75) is 61.3 Å². The van der Waals surface area contributed by atoms with E-state index in [2.05, 4.69) is 123 Å². The Bertz CT molecular complexity index is 2580. The first-order chi connectivity index (χ1) is 25.7. The maximum Gasteiger partial charge on any atom is 0.136 e. The van der Waals surface area contributed by atoms with Gasteiger partial charge < -0.3 is 14.4 Å². The van der Waals surface area contributed by atoms with Gasteiger partial charge in [0.2, 0.25) is 0 Å². The molecular weight excluding hydrogens is 825 g/mol. The Kier molecular flexibility index (Phi) is 10.4. The van der Waals surface area contributed by atoms with E-state index in [0.717, 1.165) is 67.1 Å². The van der Waals surface area contributed by atoms with Gasteiger partial charge in [0, 0.05) is 46.0 Å². The van der Waals surface area contributed by atoms with E-state index in [-0.39, 0.29) is 20.1 Å². The minimum atomic E-state index is -1.49. The van der Waals surface area contributed by atoms with Crippen LogP contribution in [0.3, 0.4) is 0 Å². The SMILES string of the molecule is Cc1c[c-]c(-c2ccc(CC(C)(C)C)cn2)cc1.[2H]C([2H])(c1ccnc(-c2[c-]ccc(-c3cccc4c3ccc3oc5ccccc5c34)c2)c1)C(C)(C)C.[Ir]. The van der Waals surface area contributed by atoms with Gasteiger partial charge in [-0.05, 0) is 75.1 Å². The summed E-state index contributed by atoms with van der Waals surface area (Å²) in [5, 5.41) is 4.56. The molecule has 269 valence electrons. The number of fused-ring (bicyclic) bond motifs is 5. The number of hydrogen-bond acceptors (Lipinski definition) is 3. The Hall–Kier alpha value is -4.89. The molecule has 0 aliphatic heterocycles. The van der Waals surface area contributed by atoms with Gasteiger partial charge in [-0.3, -0.25) is 0 Å². The standard InChI is InChI=1S/C32H26NO.C17H20N.Ir/c1-32(2,3)20-21-16-17-33-28(18-21)23-9-6-8-22(19-23)24-11-7-12-26-25(24)14-15-30-31(26)27-10-4-5-13-29(27)34-30;1-13-5-8-15(9-6-13)16-10-7-14(12-18-16)11-17(2,3)4;/h4-8,10-19H,20H2,1-3H3;5-8,10,12H,11H2,1-4H3;/q2*-1;/i20D2;;. The molecule has 3 heterocycles. The van der Waals surface area contributed by atoms with E-state index in [0.29, 0.717) is 16.7 Å². The van der Waals surface area contributed by atoms with Crippen molar-refractivity contribution in [2.75, 3.05) is 0 Å². The first kappa shape index (κ1) is 35.2. The summed E-state index contributed by atoms with van der Waals surface area (Å²) >= 11 is 0. The summed E-state index contributed by atoms with van der Waals surface area (Å²) in [5.74, 6) is 0. The van der Waals surface area contributed by atoms with E-state index in [1.807, 2.05) is 63.4 Å². The zero-order valence-corrected chi connectivity index (χ0v) is 33.9. The number of benzene rings is 5. The van der Waals surface area contributed by atoms with Crippen LogP contribution in [0.15, 0.2) is 132 Å². The van der Waals surface area contributed by atoms with E-state index in [9.17, 15) is 0 Å². The van der Waals surface area contributed by atoms with Gasteiger partial charge in [0.05, 0.1) is 0 Å². The zero-order chi connectivity index (χ0) is 38.3. The molecule has 0 aliphatic rings. The molecule has 0 saturated heterocycles. The van der Waals surface area contributed by atoms with Crippen molar-refractivity contribution < 1.29 is 27.3 Å². The number of aryl methyl sites for hydroxylation is 1. The number of hydrogen-bond donors (Lipinski definition) is 0. The van der Waals surface area contributed by atoms with Crippen molar-refractivity contribution in [1.29, 1.82) is 0 Å². The number of furan rings is 1. The van der Waals surface area contributed by atoms with Crippen LogP contribution in [0, 0.1) is 29.9 Å².